The molecule has 0 atom stereocenters. The third kappa shape index (κ3) is 5.15. The van der Waals surface area contributed by atoms with E-state index >= 15 is 0 Å². The summed E-state index contributed by atoms with van der Waals surface area (Å²) in [5.74, 6) is 0. The molecule has 0 spiro atoms. The molecule has 8 aromatic rings. The number of anilines is 3. The lowest BCUT2D eigenvalue weighted by Gasteiger charge is -2.28. The molecule has 0 heterocycles. The predicted molar refractivity (Wildman–Crippen MR) is 192 cm³/mol. The molecule has 0 amide bonds. The maximum Gasteiger partial charge on any atom is 0.0540 e. The van der Waals surface area contributed by atoms with Crippen molar-refractivity contribution < 1.29 is 0 Å². The van der Waals surface area contributed by atoms with Gasteiger partial charge < -0.3 is 4.90 Å². The third-order valence-corrected chi connectivity index (χ3v) is 8.67. The predicted octanol–water partition coefficient (Wildman–Crippen LogP) is 12.5. The van der Waals surface area contributed by atoms with Gasteiger partial charge in [0, 0.05) is 16.9 Å². The Hall–Kier alpha value is -5.92. The topological polar surface area (TPSA) is 3.24 Å². The summed E-state index contributed by atoms with van der Waals surface area (Å²) in [6, 6.07) is 67.6. The number of nitrogens with zero attached hydrogens (tertiary/aromatic N) is 1. The van der Waals surface area contributed by atoms with Crippen LogP contribution in [-0.2, 0) is 0 Å². The highest BCUT2D eigenvalue weighted by atomic mass is 15.1. The van der Waals surface area contributed by atoms with Crippen molar-refractivity contribution in [2.45, 2.75) is 0 Å². The Morgan fingerprint density at radius 2 is 0.778 bits per heavy atom. The van der Waals surface area contributed by atoms with Gasteiger partial charge in [0.15, 0.2) is 0 Å². The van der Waals surface area contributed by atoms with Crippen LogP contribution in [-0.4, -0.2) is 0 Å². The maximum atomic E-state index is 2.37. The van der Waals surface area contributed by atoms with Crippen LogP contribution in [0.5, 0.6) is 0 Å². The molecule has 0 aliphatic rings. The van der Waals surface area contributed by atoms with E-state index in [4.69, 9.17) is 0 Å². The Balaban J connectivity index is 1.21. The van der Waals surface area contributed by atoms with Crippen molar-refractivity contribution in [3.63, 3.8) is 0 Å². The molecule has 45 heavy (non-hydrogen) atoms. The van der Waals surface area contributed by atoms with E-state index in [-0.39, 0.29) is 0 Å². The molecule has 0 bridgehead atoms. The lowest BCUT2D eigenvalue weighted by atomic mass is 9.97. The van der Waals surface area contributed by atoms with Crippen LogP contribution in [0.3, 0.4) is 0 Å². The van der Waals surface area contributed by atoms with Crippen molar-refractivity contribution in [3.8, 4) is 33.4 Å². The number of hydrogen-bond acceptors (Lipinski definition) is 1. The van der Waals surface area contributed by atoms with E-state index in [1.807, 2.05) is 0 Å². The summed E-state index contributed by atoms with van der Waals surface area (Å²) in [7, 11) is 0. The lowest BCUT2D eigenvalue weighted by molar-refractivity contribution is 1.28. The van der Waals surface area contributed by atoms with Crippen molar-refractivity contribution in [1.82, 2.24) is 0 Å². The summed E-state index contributed by atoms with van der Waals surface area (Å²) in [6.07, 6.45) is 0. The zero-order valence-electron chi connectivity index (χ0n) is 24.8. The van der Waals surface area contributed by atoms with Gasteiger partial charge in [0.25, 0.3) is 0 Å². The van der Waals surface area contributed by atoms with Gasteiger partial charge in [-0.05, 0) is 85.8 Å². The molecule has 0 unspecified atom stereocenters. The summed E-state index contributed by atoms with van der Waals surface area (Å²) in [4.78, 5) is 2.37. The fourth-order valence-corrected chi connectivity index (χ4v) is 6.39. The number of hydrogen-bond donors (Lipinski definition) is 0. The van der Waals surface area contributed by atoms with Crippen LogP contribution in [0.4, 0.5) is 17.1 Å². The average molecular weight is 574 g/mol. The van der Waals surface area contributed by atoms with Gasteiger partial charge in [-0.1, -0.05) is 152 Å². The van der Waals surface area contributed by atoms with Gasteiger partial charge in [-0.15, -0.1) is 0 Å². The van der Waals surface area contributed by atoms with E-state index in [2.05, 4.69) is 193 Å². The second kappa shape index (κ2) is 11.6. The molecule has 0 aliphatic heterocycles. The number of benzene rings is 8. The van der Waals surface area contributed by atoms with E-state index in [1.165, 1.54) is 54.9 Å². The fourth-order valence-electron chi connectivity index (χ4n) is 6.39. The van der Waals surface area contributed by atoms with E-state index < -0.39 is 0 Å². The molecule has 0 aliphatic carbocycles. The van der Waals surface area contributed by atoms with Crippen LogP contribution in [0.15, 0.2) is 188 Å². The molecule has 0 radical (unpaired) electrons. The first kappa shape index (κ1) is 26.7. The van der Waals surface area contributed by atoms with Gasteiger partial charge in [0.1, 0.15) is 0 Å². The Morgan fingerprint density at radius 3 is 1.49 bits per heavy atom. The second-order valence-electron chi connectivity index (χ2n) is 11.4. The van der Waals surface area contributed by atoms with Crippen LogP contribution in [0, 0.1) is 0 Å². The molecule has 1 nitrogen and oxygen atoms in total. The summed E-state index contributed by atoms with van der Waals surface area (Å²) in [6.45, 7) is 0. The minimum atomic E-state index is 1.11. The first-order valence-corrected chi connectivity index (χ1v) is 15.4. The van der Waals surface area contributed by atoms with Gasteiger partial charge in [-0.2, -0.15) is 0 Å². The molecule has 0 fully saturated rings. The molecular formula is C44H31N. The molecular weight excluding hydrogens is 542 g/mol. The third-order valence-electron chi connectivity index (χ3n) is 8.67. The molecule has 8 aromatic carbocycles. The summed E-state index contributed by atoms with van der Waals surface area (Å²) in [5.41, 5.74) is 10.6. The standard InChI is InChI=1S/C44H31N/c1-3-11-32(12-4-1)33-21-26-39(27-22-33)45(44-18-10-9-17-43(44)35-13-5-2-6-14-35)40-28-23-34(24-29-40)37-25-30-42-38(31-37)20-19-36-15-7-8-16-41(36)42/h1-31H. The summed E-state index contributed by atoms with van der Waals surface area (Å²) < 4.78 is 0. The van der Waals surface area contributed by atoms with Gasteiger partial charge in [0.2, 0.25) is 0 Å². The van der Waals surface area contributed by atoms with Gasteiger partial charge in [-0.25, -0.2) is 0 Å². The number of para-hydroxylation sites is 1. The minimum Gasteiger partial charge on any atom is -0.310 e. The molecule has 212 valence electrons. The molecule has 0 aromatic heterocycles. The smallest absolute Gasteiger partial charge is 0.0540 e. The van der Waals surface area contributed by atoms with E-state index in [0.29, 0.717) is 0 Å². The van der Waals surface area contributed by atoms with Crippen molar-refractivity contribution in [2.75, 3.05) is 4.90 Å². The lowest BCUT2D eigenvalue weighted by Crippen LogP contribution is -2.11. The highest BCUT2D eigenvalue weighted by molar-refractivity contribution is 6.08. The molecule has 8 rings (SSSR count). The Morgan fingerprint density at radius 1 is 0.289 bits per heavy atom. The van der Waals surface area contributed by atoms with E-state index in [9.17, 15) is 0 Å². The molecule has 0 N–H and O–H groups in total. The van der Waals surface area contributed by atoms with Gasteiger partial charge in [-0.3, -0.25) is 0 Å². The first-order valence-electron chi connectivity index (χ1n) is 15.4. The maximum absolute atomic E-state index is 2.37. The van der Waals surface area contributed by atoms with Crippen molar-refractivity contribution in [3.05, 3.63) is 188 Å². The van der Waals surface area contributed by atoms with Crippen molar-refractivity contribution in [1.29, 1.82) is 0 Å². The zero-order valence-corrected chi connectivity index (χ0v) is 24.8. The van der Waals surface area contributed by atoms with Crippen LogP contribution < -0.4 is 4.90 Å². The molecule has 1 heteroatoms. The van der Waals surface area contributed by atoms with Gasteiger partial charge >= 0.3 is 0 Å². The molecule has 0 saturated heterocycles. The largest absolute Gasteiger partial charge is 0.310 e. The highest BCUT2D eigenvalue weighted by Gasteiger charge is 2.17. The van der Waals surface area contributed by atoms with Crippen LogP contribution in [0.2, 0.25) is 0 Å². The number of fused-ring (bicyclic) bond motifs is 3. The normalized spacial score (nSPS) is 11.1. The SMILES string of the molecule is c1ccc(-c2ccc(N(c3ccc(-c4ccc5c(ccc6ccccc65)c4)cc3)c3ccccc3-c3ccccc3)cc2)cc1. The number of rotatable bonds is 6. The first-order chi connectivity index (χ1) is 22.3. The van der Waals surface area contributed by atoms with Crippen molar-refractivity contribution in [2.24, 2.45) is 0 Å². The summed E-state index contributed by atoms with van der Waals surface area (Å²) in [5, 5.41) is 5.11. The average Bonchev–Trinajstić information content (AvgIpc) is 3.13. The summed E-state index contributed by atoms with van der Waals surface area (Å²) >= 11 is 0. The van der Waals surface area contributed by atoms with Crippen molar-refractivity contribution >= 4 is 38.6 Å². The van der Waals surface area contributed by atoms with Gasteiger partial charge in [0.05, 0.1) is 5.69 Å². The Kier molecular flexibility index (Phi) is 6.90. The monoisotopic (exact) mass is 573 g/mol. The zero-order chi connectivity index (χ0) is 30.0. The van der Waals surface area contributed by atoms with Crippen LogP contribution in [0.1, 0.15) is 0 Å². The highest BCUT2D eigenvalue weighted by Crippen LogP contribution is 2.42. The Bertz CT molecular complexity index is 2230. The second-order valence-corrected chi connectivity index (χ2v) is 11.4. The van der Waals surface area contributed by atoms with Crippen LogP contribution in [0.25, 0.3) is 54.9 Å². The minimum absolute atomic E-state index is 1.11. The fraction of sp³-hybridized carbons (Fsp3) is 0. The van der Waals surface area contributed by atoms with E-state index in [0.717, 1.165) is 17.1 Å². The van der Waals surface area contributed by atoms with Crippen LogP contribution >= 0.6 is 0 Å². The quantitative estimate of drug-likeness (QED) is 0.179. The molecule has 0 saturated carbocycles. The Labute approximate surface area is 264 Å². The van der Waals surface area contributed by atoms with E-state index in [1.54, 1.807) is 0 Å².